The number of phenols is 1. The number of hydrogen-bond donors (Lipinski definition) is 3. The molecular formula is C24H21N3O2. The normalized spacial score (nSPS) is 10.6. The monoisotopic (exact) mass is 383 g/mol. The van der Waals surface area contributed by atoms with E-state index >= 15 is 0 Å². The largest absolute Gasteiger partial charge is 0.508 e. The fourth-order valence-electron chi connectivity index (χ4n) is 3.26. The van der Waals surface area contributed by atoms with Crippen molar-refractivity contribution in [3.05, 3.63) is 96.1 Å². The Labute approximate surface area is 169 Å². The van der Waals surface area contributed by atoms with Gasteiger partial charge in [0, 0.05) is 23.2 Å². The van der Waals surface area contributed by atoms with E-state index in [4.69, 9.17) is 0 Å². The van der Waals surface area contributed by atoms with Gasteiger partial charge in [0.1, 0.15) is 5.75 Å². The van der Waals surface area contributed by atoms with Crippen molar-refractivity contribution >= 4 is 5.91 Å². The van der Waals surface area contributed by atoms with Crippen molar-refractivity contribution < 1.29 is 9.90 Å². The lowest BCUT2D eigenvalue weighted by molar-refractivity contribution is 0.0954. The number of nitrogens with zero attached hydrogens (tertiary/aromatic N) is 1. The summed E-state index contributed by atoms with van der Waals surface area (Å²) >= 11 is 0. The highest BCUT2D eigenvalue weighted by atomic mass is 16.3. The number of rotatable bonds is 6. The first-order valence-corrected chi connectivity index (χ1v) is 9.47. The Balaban J connectivity index is 1.50. The standard InChI is InChI=1S/C24H21N3O2/c28-23-13-7-4-10-18(23)14-15-25-24(29)20-12-6-5-11-19(20)22-16-21(26-27-22)17-8-2-1-3-9-17/h1-13,16,28H,14-15H2,(H,25,29)(H,26,27). The van der Waals surface area contributed by atoms with E-state index in [1.54, 1.807) is 18.2 Å². The Hall–Kier alpha value is -3.86. The molecule has 1 aromatic heterocycles. The Morgan fingerprint density at radius 3 is 2.48 bits per heavy atom. The first-order valence-electron chi connectivity index (χ1n) is 9.47. The smallest absolute Gasteiger partial charge is 0.251 e. The summed E-state index contributed by atoms with van der Waals surface area (Å²) in [4.78, 5) is 12.8. The van der Waals surface area contributed by atoms with E-state index in [0.29, 0.717) is 18.5 Å². The lowest BCUT2D eigenvalue weighted by Gasteiger charge is -2.09. The molecule has 0 unspecified atom stereocenters. The van der Waals surface area contributed by atoms with Crippen LogP contribution in [0.1, 0.15) is 15.9 Å². The molecule has 0 fully saturated rings. The van der Waals surface area contributed by atoms with Gasteiger partial charge in [-0.25, -0.2) is 0 Å². The third-order valence-electron chi connectivity index (χ3n) is 4.78. The molecule has 5 nitrogen and oxygen atoms in total. The molecule has 0 spiro atoms. The molecule has 0 saturated heterocycles. The first-order chi connectivity index (χ1) is 14.2. The Morgan fingerprint density at radius 1 is 0.931 bits per heavy atom. The summed E-state index contributed by atoms with van der Waals surface area (Å²) in [6.45, 7) is 0.434. The summed E-state index contributed by atoms with van der Waals surface area (Å²) < 4.78 is 0. The van der Waals surface area contributed by atoms with Gasteiger partial charge in [-0.2, -0.15) is 5.10 Å². The molecular weight excluding hydrogens is 362 g/mol. The van der Waals surface area contributed by atoms with E-state index in [0.717, 1.165) is 28.1 Å². The molecule has 29 heavy (non-hydrogen) atoms. The van der Waals surface area contributed by atoms with Crippen LogP contribution in [0, 0.1) is 0 Å². The highest BCUT2D eigenvalue weighted by Crippen LogP contribution is 2.26. The van der Waals surface area contributed by atoms with Crippen LogP contribution in [0.25, 0.3) is 22.5 Å². The van der Waals surface area contributed by atoms with Crippen molar-refractivity contribution in [3.8, 4) is 28.3 Å². The van der Waals surface area contributed by atoms with E-state index in [-0.39, 0.29) is 11.7 Å². The van der Waals surface area contributed by atoms with E-state index < -0.39 is 0 Å². The number of carbonyl (C=O) groups excluding carboxylic acids is 1. The van der Waals surface area contributed by atoms with Gasteiger partial charge in [-0.3, -0.25) is 9.89 Å². The molecule has 0 saturated carbocycles. The van der Waals surface area contributed by atoms with Gasteiger partial charge >= 0.3 is 0 Å². The van der Waals surface area contributed by atoms with Crippen molar-refractivity contribution in [2.75, 3.05) is 6.54 Å². The fraction of sp³-hybridized carbons (Fsp3) is 0.0833. The number of aromatic nitrogens is 2. The van der Waals surface area contributed by atoms with Crippen molar-refractivity contribution in [3.63, 3.8) is 0 Å². The molecule has 0 bridgehead atoms. The van der Waals surface area contributed by atoms with Gasteiger partial charge in [0.05, 0.1) is 11.4 Å². The Kier molecular flexibility index (Phi) is 5.38. The minimum Gasteiger partial charge on any atom is -0.508 e. The molecule has 0 aliphatic heterocycles. The molecule has 5 heteroatoms. The zero-order valence-corrected chi connectivity index (χ0v) is 15.8. The second-order valence-electron chi connectivity index (χ2n) is 6.71. The first kappa shape index (κ1) is 18.5. The van der Waals surface area contributed by atoms with Crippen molar-refractivity contribution in [2.45, 2.75) is 6.42 Å². The molecule has 3 N–H and O–H groups in total. The molecule has 144 valence electrons. The summed E-state index contributed by atoms with van der Waals surface area (Å²) in [6.07, 6.45) is 0.558. The minimum absolute atomic E-state index is 0.160. The summed E-state index contributed by atoms with van der Waals surface area (Å²) in [5.74, 6) is 0.0833. The van der Waals surface area contributed by atoms with Gasteiger partial charge in [0.15, 0.2) is 0 Å². The van der Waals surface area contributed by atoms with E-state index in [1.165, 1.54) is 0 Å². The molecule has 0 radical (unpaired) electrons. The SMILES string of the molecule is O=C(NCCc1ccccc1O)c1ccccc1-c1cc(-c2ccccc2)n[nH]1. The van der Waals surface area contributed by atoms with Gasteiger partial charge in [-0.1, -0.05) is 66.7 Å². The number of phenolic OH excluding ortho intramolecular Hbond substituents is 1. The zero-order valence-electron chi connectivity index (χ0n) is 15.8. The predicted molar refractivity (Wildman–Crippen MR) is 114 cm³/mol. The van der Waals surface area contributed by atoms with E-state index in [2.05, 4.69) is 15.5 Å². The number of aromatic hydroxyl groups is 1. The van der Waals surface area contributed by atoms with Gasteiger partial charge in [-0.15, -0.1) is 0 Å². The maximum atomic E-state index is 12.8. The molecule has 0 aliphatic rings. The topological polar surface area (TPSA) is 78.0 Å². The fourth-order valence-corrected chi connectivity index (χ4v) is 3.26. The van der Waals surface area contributed by atoms with Crippen LogP contribution < -0.4 is 5.32 Å². The molecule has 4 rings (SSSR count). The van der Waals surface area contributed by atoms with E-state index in [1.807, 2.05) is 66.7 Å². The molecule has 1 amide bonds. The number of benzene rings is 3. The zero-order chi connectivity index (χ0) is 20.1. The number of para-hydroxylation sites is 1. The quantitative estimate of drug-likeness (QED) is 0.461. The molecule has 0 atom stereocenters. The molecule has 3 aromatic carbocycles. The Morgan fingerprint density at radius 2 is 1.66 bits per heavy atom. The highest BCUT2D eigenvalue weighted by Gasteiger charge is 2.14. The van der Waals surface area contributed by atoms with Gasteiger partial charge < -0.3 is 10.4 Å². The van der Waals surface area contributed by atoms with Crippen LogP contribution in [0.5, 0.6) is 5.75 Å². The van der Waals surface area contributed by atoms with Crippen LogP contribution in [0.4, 0.5) is 0 Å². The highest BCUT2D eigenvalue weighted by molar-refractivity contribution is 6.00. The number of amides is 1. The van der Waals surface area contributed by atoms with Crippen LogP contribution in [-0.2, 0) is 6.42 Å². The van der Waals surface area contributed by atoms with Crippen LogP contribution >= 0.6 is 0 Å². The maximum absolute atomic E-state index is 12.8. The van der Waals surface area contributed by atoms with Crippen molar-refractivity contribution in [2.24, 2.45) is 0 Å². The van der Waals surface area contributed by atoms with Crippen LogP contribution in [-0.4, -0.2) is 27.8 Å². The predicted octanol–water partition coefficient (Wildman–Crippen LogP) is 4.42. The third kappa shape index (κ3) is 4.19. The number of nitrogens with one attached hydrogen (secondary N) is 2. The Bertz CT molecular complexity index is 1120. The third-order valence-corrected chi connectivity index (χ3v) is 4.78. The molecule has 0 aliphatic carbocycles. The summed E-state index contributed by atoms with van der Waals surface area (Å²) in [7, 11) is 0. The average molecular weight is 383 g/mol. The lowest BCUT2D eigenvalue weighted by Crippen LogP contribution is -2.26. The second kappa shape index (κ2) is 8.44. The number of hydrogen-bond acceptors (Lipinski definition) is 3. The summed E-state index contributed by atoms with van der Waals surface area (Å²) in [5, 5.41) is 20.2. The number of aromatic amines is 1. The van der Waals surface area contributed by atoms with Crippen LogP contribution in [0.2, 0.25) is 0 Å². The van der Waals surface area contributed by atoms with Gasteiger partial charge in [0.25, 0.3) is 5.91 Å². The van der Waals surface area contributed by atoms with Crippen molar-refractivity contribution in [1.82, 2.24) is 15.5 Å². The van der Waals surface area contributed by atoms with Crippen LogP contribution in [0.15, 0.2) is 84.9 Å². The second-order valence-corrected chi connectivity index (χ2v) is 6.71. The van der Waals surface area contributed by atoms with Gasteiger partial charge in [-0.05, 0) is 30.2 Å². The summed E-state index contributed by atoms with van der Waals surface area (Å²) in [5.41, 5.74) is 4.81. The minimum atomic E-state index is -0.160. The van der Waals surface area contributed by atoms with Crippen LogP contribution in [0.3, 0.4) is 0 Å². The summed E-state index contributed by atoms with van der Waals surface area (Å²) in [6, 6.07) is 26.4. The van der Waals surface area contributed by atoms with Gasteiger partial charge in [0.2, 0.25) is 0 Å². The molecule has 1 heterocycles. The lowest BCUT2D eigenvalue weighted by atomic mass is 10.0. The van der Waals surface area contributed by atoms with Crippen molar-refractivity contribution in [1.29, 1.82) is 0 Å². The average Bonchev–Trinajstić information content (AvgIpc) is 3.26. The number of H-pyrrole nitrogens is 1. The van der Waals surface area contributed by atoms with E-state index in [9.17, 15) is 9.90 Å². The molecule has 4 aromatic rings. The maximum Gasteiger partial charge on any atom is 0.251 e. The number of carbonyl (C=O) groups is 1.